The van der Waals surface area contributed by atoms with E-state index in [1.807, 2.05) is 0 Å². The number of alkyl halides is 6. The molecule has 0 amide bonds. The molecule has 0 atom stereocenters. The summed E-state index contributed by atoms with van der Waals surface area (Å²) in [5, 5.41) is 9.69. The predicted octanol–water partition coefficient (Wildman–Crippen LogP) is 9.37. The van der Waals surface area contributed by atoms with Crippen LogP contribution in [0.25, 0.3) is 32.7 Å². The molecule has 0 unspecified atom stereocenters. The summed E-state index contributed by atoms with van der Waals surface area (Å²) >= 11 is 4.63. The maximum Gasteiger partial charge on any atom is 0.416 e. The van der Waals surface area contributed by atoms with Gasteiger partial charge in [-0.3, -0.25) is 0 Å². The third kappa shape index (κ3) is 6.94. The van der Waals surface area contributed by atoms with E-state index in [1.54, 1.807) is 0 Å². The standard InChI is InChI=1S/C22H19N.C10H8F6N2S/c1-23(2)21-15-14-17-9-4-6-12-19(17)22(21)20-13-7-10-16-8-3-5-11-18(16)20;1-17-8(19)18-7-3-5(9(11,12)13)2-6(4-7)10(14,15)16/h3-15H,1-2H3;2-4H,1H3,(H2,17,18,19). The Morgan fingerprint density at radius 3 is 1.74 bits per heavy atom. The van der Waals surface area contributed by atoms with Gasteiger partial charge in [-0.15, -0.1) is 0 Å². The van der Waals surface area contributed by atoms with E-state index in [1.165, 1.54) is 45.4 Å². The summed E-state index contributed by atoms with van der Waals surface area (Å²) < 4.78 is 75.1. The Kier molecular flexibility index (Phi) is 8.96. The Labute approximate surface area is 244 Å². The minimum absolute atomic E-state index is 0.0492. The maximum absolute atomic E-state index is 12.5. The van der Waals surface area contributed by atoms with Crippen LogP contribution in [-0.4, -0.2) is 26.3 Å². The van der Waals surface area contributed by atoms with Gasteiger partial charge in [0.1, 0.15) is 0 Å². The zero-order valence-electron chi connectivity index (χ0n) is 22.9. The Bertz CT molecular complexity index is 1690. The second-order valence-electron chi connectivity index (χ2n) is 9.60. The molecule has 0 aliphatic carbocycles. The van der Waals surface area contributed by atoms with Crippen molar-refractivity contribution in [2.24, 2.45) is 0 Å². The van der Waals surface area contributed by atoms with E-state index >= 15 is 0 Å². The van der Waals surface area contributed by atoms with Crippen molar-refractivity contribution < 1.29 is 26.3 Å². The molecule has 42 heavy (non-hydrogen) atoms. The van der Waals surface area contributed by atoms with E-state index in [4.69, 9.17) is 0 Å². The van der Waals surface area contributed by atoms with Crippen molar-refractivity contribution in [1.82, 2.24) is 5.32 Å². The number of benzene rings is 5. The lowest BCUT2D eigenvalue weighted by Gasteiger charge is -2.21. The number of hydrogen-bond acceptors (Lipinski definition) is 2. The highest BCUT2D eigenvalue weighted by molar-refractivity contribution is 7.80. The first-order chi connectivity index (χ1) is 19.8. The average Bonchev–Trinajstić information content (AvgIpc) is 2.95. The Morgan fingerprint density at radius 2 is 1.19 bits per heavy atom. The summed E-state index contributed by atoms with van der Waals surface area (Å²) in [4.78, 5) is 2.20. The van der Waals surface area contributed by atoms with Crippen LogP contribution in [0.15, 0.2) is 97.1 Å². The topological polar surface area (TPSA) is 27.3 Å². The summed E-state index contributed by atoms with van der Waals surface area (Å²) in [6, 6.07) is 29.4. The molecular formula is C32H27F6N3S. The third-order valence-corrected chi connectivity index (χ3v) is 6.83. The Balaban J connectivity index is 0.000000198. The van der Waals surface area contributed by atoms with E-state index in [-0.39, 0.29) is 16.9 Å². The zero-order chi connectivity index (χ0) is 30.7. The molecule has 10 heteroatoms. The van der Waals surface area contributed by atoms with Crippen LogP contribution in [0.1, 0.15) is 11.1 Å². The molecule has 5 aromatic rings. The molecule has 0 heterocycles. The molecule has 5 aromatic carbocycles. The van der Waals surface area contributed by atoms with Gasteiger partial charge in [-0.25, -0.2) is 0 Å². The van der Waals surface area contributed by atoms with Crippen molar-refractivity contribution in [3.63, 3.8) is 0 Å². The number of thiocarbonyl (C=S) groups is 1. The van der Waals surface area contributed by atoms with Crippen LogP contribution in [0.5, 0.6) is 0 Å². The lowest BCUT2D eigenvalue weighted by Crippen LogP contribution is -2.24. The molecule has 2 N–H and O–H groups in total. The number of anilines is 2. The highest BCUT2D eigenvalue weighted by atomic mass is 32.1. The molecule has 5 rings (SSSR count). The van der Waals surface area contributed by atoms with Crippen molar-refractivity contribution >= 4 is 50.2 Å². The number of nitrogens with one attached hydrogen (secondary N) is 2. The Hall–Kier alpha value is -4.31. The molecule has 0 bridgehead atoms. The molecule has 0 spiro atoms. The molecule has 3 nitrogen and oxygen atoms in total. The third-order valence-electron chi connectivity index (χ3n) is 6.52. The molecule has 0 aliphatic rings. The molecule has 0 saturated carbocycles. The lowest BCUT2D eigenvalue weighted by atomic mass is 9.92. The summed E-state index contributed by atoms with van der Waals surface area (Å²) in [6.07, 6.45) is -9.75. The second kappa shape index (κ2) is 12.3. The molecule has 0 radical (unpaired) electrons. The molecular weight excluding hydrogens is 572 g/mol. The number of fused-ring (bicyclic) bond motifs is 2. The fourth-order valence-electron chi connectivity index (χ4n) is 4.58. The van der Waals surface area contributed by atoms with Crippen LogP contribution in [-0.2, 0) is 12.4 Å². The van der Waals surface area contributed by atoms with Crippen molar-refractivity contribution in [2.75, 3.05) is 31.4 Å². The summed E-state index contributed by atoms with van der Waals surface area (Å²) in [7, 11) is 5.60. The molecule has 0 aliphatic heterocycles. The van der Waals surface area contributed by atoms with Crippen LogP contribution in [0.3, 0.4) is 0 Å². The summed E-state index contributed by atoms with van der Waals surface area (Å²) in [5.74, 6) is 0. The van der Waals surface area contributed by atoms with Crippen LogP contribution in [0.2, 0.25) is 0 Å². The molecule has 0 aromatic heterocycles. The van der Waals surface area contributed by atoms with Crippen molar-refractivity contribution in [1.29, 1.82) is 0 Å². The van der Waals surface area contributed by atoms with E-state index in [0.717, 1.165) is 0 Å². The molecule has 0 fully saturated rings. The largest absolute Gasteiger partial charge is 0.416 e. The van der Waals surface area contributed by atoms with Gasteiger partial charge in [0.15, 0.2) is 5.11 Å². The zero-order valence-corrected chi connectivity index (χ0v) is 23.7. The van der Waals surface area contributed by atoms with E-state index in [9.17, 15) is 26.3 Å². The van der Waals surface area contributed by atoms with Gasteiger partial charge >= 0.3 is 12.4 Å². The minimum Gasteiger partial charge on any atom is -0.377 e. The van der Waals surface area contributed by atoms with Crippen molar-refractivity contribution in [2.45, 2.75) is 12.4 Å². The van der Waals surface area contributed by atoms with Crippen molar-refractivity contribution in [3.8, 4) is 11.1 Å². The summed E-state index contributed by atoms with van der Waals surface area (Å²) in [5.41, 5.74) is 0.669. The summed E-state index contributed by atoms with van der Waals surface area (Å²) in [6.45, 7) is 0. The van der Waals surface area contributed by atoms with Gasteiger partial charge in [-0.05, 0) is 63.6 Å². The van der Waals surface area contributed by atoms with Crippen LogP contribution >= 0.6 is 12.2 Å². The van der Waals surface area contributed by atoms with Gasteiger partial charge < -0.3 is 15.5 Å². The number of nitrogens with zero attached hydrogens (tertiary/aromatic N) is 1. The Morgan fingerprint density at radius 1 is 0.667 bits per heavy atom. The lowest BCUT2D eigenvalue weighted by molar-refractivity contribution is -0.143. The second-order valence-corrected chi connectivity index (χ2v) is 10.0. The van der Waals surface area contributed by atoms with Crippen molar-refractivity contribution in [3.05, 3.63) is 108 Å². The average molecular weight is 600 g/mol. The van der Waals surface area contributed by atoms with Crippen LogP contribution in [0, 0.1) is 0 Å². The highest BCUT2D eigenvalue weighted by Crippen LogP contribution is 2.40. The van der Waals surface area contributed by atoms with Gasteiger partial charge in [0.25, 0.3) is 0 Å². The maximum atomic E-state index is 12.5. The minimum atomic E-state index is -4.88. The number of hydrogen-bond donors (Lipinski definition) is 2. The molecule has 218 valence electrons. The monoisotopic (exact) mass is 599 g/mol. The quantitative estimate of drug-likeness (QED) is 0.160. The first-order valence-corrected chi connectivity index (χ1v) is 13.2. The van der Waals surface area contributed by atoms with Gasteiger partial charge in [-0.2, -0.15) is 26.3 Å². The number of halogens is 6. The predicted molar refractivity (Wildman–Crippen MR) is 163 cm³/mol. The van der Waals surface area contributed by atoms with Crippen LogP contribution in [0.4, 0.5) is 37.7 Å². The fraction of sp³-hybridized carbons (Fsp3) is 0.156. The van der Waals surface area contributed by atoms with Gasteiger partial charge in [0.05, 0.1) is 11.1 Å². The van der Waals surface area contributed by atoms with Gasteiger partial charge in [0.2, 0.25) is 0 Å². The SMILES string of the molecule is CN(C)c1ccc2ccccc2c1-c1cccc2ccccc12.CNC(=S)Nc1cc(C(F)(F)F)cc(C(F)(F)F)c1. The van der Waals surface area contributed by atoms with E-state index in [2.05, 4.69) is 121 Å². The van der Waals surface area contributed by atoms with Gasteiger partial charge in [0, 0.05) is 38.1 Å². The number of rotatable bonds is 3. The van der Waals surface area contributed by atoms with Gasteiger partial charge in [-0.1, -0.05) is 72.8 Å². The smallest absolute Gasteiger partial charge is 0.377 e. The first kappa shape index (κ1) is 30.6. The molecule has 0 saturated heterocycles. The van der Waals surface area contributed by atoms with Crippen LogP contribution < -0.4 is 15.5 Å². The van der Waals surface area contributed by atoms with E-state index < -0.39 is 23.5 Å². The fourth-order valence-corrected chi connectivity index (χ4v) is 4.70. The van der Waals surface area contributed by atoms with E-state index in [0.29, 0.717) is 12.1 Å². The first-order valence-electron chi connectivity index (χ1n) is 12.7. The highest BCUT2D eigenvalue weighted by Gasteiger charge is 2.37. The normalized spacial score (nSPS) is 11.5.